The molecule has 1 aliphatic carbocycles. The van der Waals surface area contributed by atoms with Crippen LogP contribution < -0.4 is 0 Å². The lowest BCUT2D eigenvalue weighted by molar-refractivity contribution is -0.0617. The third-order valence-corrected chi connectivity index (χ3v) is 7.24. The number of likely N-dealkylation sites (tertiary alicyclic amines) is 1. The van der Waals surface area contributed by atoms with E-state index in [1.165, 1.54) is 0 Å². The molecule has 1 saturated carbocycles. The van der Waals surface area contributed by atoms with Crippen molar-refractivity contribution < 1.29 is 14.3 Å². The van der Waals surface area contributed by atoms with Gasteiger partial charge in [0.05, 0.1) is 17.8 Å². The minimum absolute atomic E-state index is 0.0191. The molecule has 0 radical (unpaired) electrons. The normalized spacial score (nSPS) is 20.5. The molecule has 2 aromatic heterocycles. The summed E-state index contributed by atoms with van der Waals surface area (Å²) in [4.78, 5) is 17.0. The number of furan rings is 1. The molecule has 1 amide bonds. The summed E-state index contributed by atoms with van der Waals surface area (Å²) in [7, 11) is 4.04. The summed E-state index contributed by atoms with van der Waals surface area (Å²) in [5.41, 5.74) is 1.77. The van der Waals surface area contributed by atoms with Crippen molar-refractivity contribution in [2.75, 3.05) is 33.7 Å². The van der Waals surface area contributed by atoms with Crippen molar-refractivity contribution in [3.63, 3.8) is 0 Å². The van der Waals surface area contributed by atoms with Crippen LogP contribution in [0.5, 0.6) is 0 Å². The van der Waals surface area contributed by atoms with Gasteiger partial charge in [0.25, 0.3) is 5.91 Å². The number of amides is 1. The molecule has 1 aliphatic heterocycles. The highest BCUT2D eigenvalue weighted by molar-refractivity contribution is 5.91. The van der Waals surface area contributed by atoms with Crippen molar-refractivity contribution in [1.29, 1.82) is 0 Å². The first-order chi connectivity index (χ1) is 14.7. The maximum Gasteiger partial charge on any atom is 0.289 e. The van der Waals surface area contributed by atoms with Crippen LogP contribution in [0, 0.1) is 19.3 Å². The van der Waals surface area contributed by atoms with Gasteiger partial charge in [0.1, 0.15) is 5.76 Å². The quantitative estimate of drug-likeness (QED) is 0.791. The Labute approximate surface area is 185 Å². The molecule has 0 bridgehead atoms. The van der Waals surface area contributed by atoms with Gasteiger partial charge < -0.3 is 19.3 Å². The molecule has 1 saturated heterocycles. The van der Waals surface area contributed by atoms with Crippen LogP contribution in [0.1, 0.15) is 66.2 Å². The fourth-order valence-electron chi connectivity index (χ4n) is 5.39. The van der Waals surface area contributed by atoms with Gasteiger partial charge in [-0.3, -0.25) is 9.48 Å². The van der Waals surface area contributed by atoms with Crippen molar-refractivity contribution in [3.05, 3.63) is 41.1 Å². The lowest BCUT2D eigenvalue weighted by atomic mass is 9.64. The monoisotopic (exact) mass is 428 g/mol. The number of carbonyl (C=O) groups excluding carboxylic acids is 1. The Balaban J connectivity index is 1.32. The highest BCUT2D eigenvalue weighted by Crippen LogP contribution is 2.47. The Morgan fingerprint density at radius 3 is 2.39 bits per heavy atom. The summed E-state index contributed by atoms with van der Waals surface area (Å²) in [5.74, 6) is 1.14. The number of hydrogen-bond acceptors (Lipinski definition) is 5. The number of aryl methyl sites for hydroxylation is 2. The molecule has 170 valence electrons. The largest absolute Gasteiger partial charge is 0.454 e. The van der Waals surface area contributed by atoms with E-state index in [1.54, 1.807) is 6.07 Å². The minimum atomic E-state index is -0.558. The van der Waals surface area contributed by atoms with E-state index in [0.717, 1.165) is 75.3 Å². The van der Waals surface area contributed by atoms with Crippen LogP contribution in [0.15, 0.2) is 22.6 Å². The molecule has 2 aliphatic rings. The summed E-state index contributed by atoms with van der Waals surface area (Å²) in [6.07, 6.45) is 5.83. The van der Waals surface area contributed by atoms with Crippen LogP contribution in [-0.4, -0.2) is 69.9 Å². The fraction of sp³-hybridized carbons (Fsp3) is 0.667. The van der Waals surface area contributed by atoms with Gasteiger partial charge >= 0.3 is 0 Å². The molecular weight excluding hydrogens is 392 g/mol. The minimum Gasteiger partial charge on any atom is -0.454 e. The second kappa shape index (κ2) is 8.43. The zero-order valence-electron chi connectivity index (χ0n) is 19.4. The predicted octanol–water partition coefficient (Wildman–Crippen LogP) is 3.23. The average Bonchev–Trinajstić information content (AvgIpc) is 3.30. The first-order valence-corrected chi connectivity index (χ1v) is 11.4. The number of carbonyl (C=O) groups is 1. The van der Waals surface area contributed by atoms with Gasteiger partial charge in [-0.2, -0.15) is 5.10 Å². The molecule has 4 rings (SSSR count). The standard InChI is InChI=1S/C24H36N4O3/c1-18-15-19(2)28(25-18)16-20-5-6-21(31-20)22(29)27-13-11-23(12-14-27)7-9-24(30,10-8-23)17-26(3)4/h5-6,15,30H,7-14,16-17H2,1-4H3. The lowest BCUT2D eigenvalue weighted by Gasteiger charge is -2.48. The predicted molar refractivity (Wildman–Crippen MR) is 119 cm³/mol. The van der Waals surface area contributed by atoms with Crippen molar-refractivity contribution in [2.24, 2.45) is 5.41 Å². The van der Waals surface area contributed by atoms with Crippen LogP contribution in [0.3, 0.4) is 0 Å². The molecule has 2 fully saturated rings. The lowest BCUT2D eigenvalue weighted by Crippen LogP contribution is -2.49. The summed E-state index contributed by atoms with van der Waals surface area (Å²) < 4.78 is 7.77. The van der Waals surface area contributed by atoms with E-state index in [9.17, 15) is 9.90 Å². The molecule has 0 aromatic carbocycles. The van der Waals surface area contributed by atoms with Gasteiger partial charge in [0.15, 0.2) is 5.76 Å². The molecule has 0 atom stereocenters. The van der Waals surface area contributed by atoms with E-state index in [2.05, 4.69) is 10.00 Å². The molecule has 3 heterocycles. The Morgan fingerprint density at radius 2 is 1.81 bits per heavy atom. The van der Waals surface area contributed by atoms with E-state index in [4.69, 9.17) is 4.42 Å². The van der Waals surface area contributed by atoms with Gasteiger partial charge in [-0.25, -0.2) is 0 Å². The maximum absolute atomic E-state index is 13.0. The zero-order chi connectivity index (χ0) is 22.2. The molecular formula is C24H36N4O3. The third-order valence-electron chi connectivity index (χ3n) is 7.24. The van der Waals surface area contributed by atoms with Crippen molar-refractivity contribution >= 4 is 5.91 Å². The number of nitrogens with zero attached hydrogens (tertiary/aromatic N) is 4. The van der Waals surface area contributed by atoms with Crippen LogP contribution in [0.2, 0.25) is 0 Å². The summed E-state index contributed by atoms with van der Waals surface area (Å²) in [6.45, 7) is 6.78. The second-order valence-electron chi connectivity index (χ2n) is 10.1. The van der Waals surface area contributed by atoms with E-state index >= 15 is 0 Å². The van der Waals surface area contributed by atoms with Crippen molar-refractivity contribution in [3.8, 4) is 0 Å². The fourth-order valence-corrected chi connectivity index (χ4v) is 5.39. The molecule has 1 spiro atoms. The smallest absolute Gasteiger partial charge is 0.289 e. The Bertz CT molecular complexity index is 911. The number of rotatable bonds is 5. The summed E-state index contributed by atoms with van der Waals surface area (Å²) in [5, 5.41) is 15.3. The zero-order valence-corrected chi connectivity index (χ0v) is 19.4. The Morgan fingerprint density at radius 1 is 1.13 bits per heavy atom. The Hall–Kier alpha value is -2.12. The first-order valence-electron chi connectivity index (χ1n) is 11.4. The Kier molecular flexibility index (Phi) is 6.01. The second-order valence-corrected chi connectivity index (χ2v) is 10.1. The highest BCUT2D eigenvalue weighted by atomic mass is 16.4. The number of hydrogen-bond donors (Lipinski definition) is 1. The van der Waals surface area contributed by atoms with E-state index in [-0.39, 0.29) is 11.3 Å². The number of aliphatic hydroxyl groups is 1. The molecule has 0 unspecified atom stereocenters. The third kappa shape index (κ3) is 4.88. The van der Waals surface area contributed by atoms with Gasteiger partial charge in [-0.05, 0) is 90.1 Å². The number of likely N-dealkylation sites (N-methyl/N-ethyl adjacent to an activating group) is 1. The van der Waals surface area contributed by atoms with Crippen molar-refractivity contribution in [2.45, 2.75) is 64.5 Å². The molecule has 1 N–H and O–H groups in total. The molecule has 2 aromatic rings. The number of aromatic nitrogens is 2. The van der Waals surface area contributed by atoms with E-state index < -0.39 is 5.60 Å². The van der Waals surface area contributed by atoms with Crippen LogP contribution in [0.25, 0.3) is 0 Å². The maximum atomic E-state index is 13.0. The topological polar surface area (TPSA) is 74.7 Å². The first kappa shape index (κ1) is 22.1. The highest BCUT2D eigenvalue weighted by Gasteiger charge is 2.44. The molecule has 31 heavy (non-hydrogen) atoms. The molecule has 7 heteroatoms. The SMILES string of the molecule is Cc1cc(C)n(Cc2ccc(C(=O)N3CCC4(CC3)CCC(O)(CN(C)C)CC4)o2)n1. The summed E-state index contributed by atoms with van der Waals surface area (Å²) in [6, 6.07) is 5.70. The van der Waals surface area contributed by atoms with Crippen LogP contribution >= 0.6 is 0 Å². The van der Waals surface area contributed by atoms with Crippen LogP contribution in [-0.2, 0) is 6.54 Å². The van der Waals surface area contributed by atoms with Gasteiger partial charge in [0, 0.05) is 25.3 Å². The summed E-state index contributed by atoms with van der Waals surface area (Å²) >= 11 is 0. The molecule has 7 nitrogen and oxygen atoms in total. The van der Waals surface area contributed by atoms with E-state index in [1.807, 2.05) is 49.7 Å². The van der Waals surface area contributed by atoms with Gasteiger partial charge in [-0.15, -0.1) is 0 Å². The van der Waals surface area contributed by atoms with E-state index in [0.29, 0.717) is 12.3 Å². The average molecular weight is 429 g/mol. The van der Waals surface area contributed by atoms with Gasteiger partial charge in [-0.1, -0.05) is 0 Å². The number of piperidine rings is 1. The van der Waals surface area contributed by atoms with Gasteiger partial charge in [0.2, 0.25) is 0 Å². The van der Waals surface area contributed by atoms with Crippen molar-refractivity contribution in [1.82, 2.24) is 19.6 Å². The van der Waals surface area contributed by atoms with Crippen LogP contribution in [0.4, 0.5) is 0 Å².